The minimum atomic E-state index is -0.826. The third-order valence-corrected chi connectivity index (χ3v) is 2.05. The maximum atomic E-state index is 12.8. The largest absolute Gasteiger partial charge is 0.494 e. The molecule has 5 heteroatoms. The number of carbonyl (C=O) groups is 1. The average molecular weight is 227 g/mol. The van der Waals surface area contributed by atoms with Gasteiger partial charge in [0.1, 0.15) is 11.6 Å². The molecule has 16 heavy (non-hydrogen) atoms. The van der Waals surface area contributed by atoms with Crippen molar-refractivity contribution in [2.24, 2.45) is 0 Å². The number of hydrogen-bond acceptors (Lipinski definition) is 3. The highest BCUT2D eigenvalue weighted by molar-refractivity contribution is 5.66. The maximum absolute atomic E-state index is 12.8. The number of halogens is 1. The zero-order valence-electron chi connectivity index (χ0n) is 9.00. The number of anilines is 1. The number of nitrogens with one attached hydrogen (secondary N) is 1. The highest BCUT2D eigenvalue weighted by atomic mass is 19.1. The Kier molecular flexibility index (Phi) is 4.57. The van der Waals surface area contributed by atoms with Crippen LogP contribution in [-0.4, -0.2) is 24.7 Å². The van der Waals surface area contributed by atoms with Gasteiger partial charge in [-0.1, -0.05) is 0 Å². The zero-order valence-corrected chi connectivity index (χ0v) is 9.00. The van der Waals surface area contributed by atoms with Gasteiger partial charge in [-0.3, -0.25) is 4.79 Å². The number of rotatable bonds is 6. The Balaban J connectivity index is 2.50. The molecule has 1 aromatic rings. The van der Waals surface area contributed by atoms with E-state index >= 15 is 0 Å². The third-order valence-electron chi connectivity index (χ3n) is 2.05. The fourth-order valence-electron chi connectivity index (χ4n) is 1.27. The van der Waals surface area contributed by atoms with E-state index in [9.17, 15) is 9.18 Å². The lowest BCUT2D eigenvalue weighted by Crippen LogP contribution is -2.06. The molecule has 0 heterocycles. The van der Waals surface area contributed by atoms with E-state index in [1.165, 1.54) is 19.2 Å². The van der Waals surface area contributed by atoms with Gasteiger partial charge in [0.2, 0.25) is 0 Å². The molecule has 0 aromatic heterocycles. The van der Waals surface area contributed by atoms with Gasteiger partial charge in [-0.15, -0.1) is 0 Å². The average Bonchev–Trinajstić information content (AvgIpc) is 2.25. The second kappa shape index (κ2) is 5.95. The summed E-state index contributed by atoms with van der Waals surface area (Å²) < 4.78 is 17.8. The lowest BCUT2D eigenvalue weighted by Gasteiger charge is -2.10. The van der Waals surface area contributed by atoms with Crippen LogP contribution in [0.4, 0.5) is 10.1 Å². The van der Waals surface area contributed by atoms with Crippen LogP contribution in [0.3, 0.4) is 0 Å². The fourth-order valence-corrected chi connectivity index (χ4v) is 1.27. The van der Waals surface area contributed by atoms with Crippen LogP contribution >= 0.6 is 0 Å². The fraction of sp³-hybridized carbons (Fsp3) is 0.364. The molecule has 88 valence electrons. The molecule has 1 rings (SSSR count). The van der Waals surface area contributed by atoms with E-state index < -0.39 is 5.97 Å². The monoisotopic (exact) mass is 227 g/mol. The molecule has 0 aliphatic rings. The standard InChI is InChI=1S/C11H14FNO3/c1-16-10-7-8(12)4-5-9(10)13-6-2-3-11(14)15/h4-5,7,13H,2-3,6H2,1H3,(H,14,15). The summed E-state index contributed by atoms with van der Waals surface area (Å²) in [7, 11) is 1.46. The number of methoxy groups -OCH3 is 1. The minimum Gasteiger partial charge on any atom is -0.494 e. The van der Waals surface area contributed by atoms with Crippen LogP contribution in [-0.2, 0) is 4.79 Å². The predicted octanol–water partition coefficient (Wildman–Crippen LogP) is 2.11. The summed E-state index contributed by atoms with van der Waals surface area (Å²) in [5.74, 6) is -0.781. The van der Waals surface area contributed by atoms with Crippen LogP contribution in [0.2, 0.25) is 0 Å². The number of carboxylic acids is 1. The molecule has 2 N–H and O–H groups in total. The van der Waals surface area contributed by atoms with Crippen molar-refractivity contribution in [2.45, 2.75) is 12.8 Å². The molecule has 0 spiro atoms. The molecule has 0 bridgehead atoms. The van der Waals surface area contributed by atoms with Gasteiger partial charge in [-0.25, -0.2) is 4.39 Å². The van der Waals surface area contributed by atoms with E-state index in [0.717, 1.165) is 0 Å². The van der Waals surface area contributed by atoms with Crippen LogP contribution in [0.25, 0.3) is 0 Å². The highest BCUT2D eigenvalue weighted by Crippen LogP contribution is 2.24. The summed E-state index contributed by atoms with van der Waals surface area (Å²) in [4.78, 5) is 10.3. The van der Waals surface area contributed by atoms with Gasteiger partial charge in [-0.2, -0.15) is 0 Å². The molecular weight excluding hydrogens is 213 g/mol. The highest BCUT2D eigenvalue weighted by Gasteiger charge is 2.04. The summed E-state index contributed by atoms with van der Waals surface area (Å²) in [6.45, 7) is 0.508. The molecular formula is C11H14FNO3. The van der Waals surface area contributed by atoms with E-state index in [4.69, 9.17) is 9.84 Å². The topological polar surface area (TPSA) is 58.6 Å². The van der Waals surface area contributed by atoms with Crippen molar-refractivity contribution in [1.82, 2.24) is 0 Å². The Bertz CT molecular complexity index is 368. The number of ether oxygens (including phenoxy) is 1. The summed E-state index contributed by atoms with van der Waals surface area (Å²) in [5, 5.41) is 11.4. The van der Waals surface area contributed by atoms with Gasteiger partial charge in [0.05, 0.1) is 12.8 Å². The van der Waals surface area contributed by atoms with E-state index in [2.05, 4.69) is 5.32 Å². The molecule has 4 nitrogen and oxygen atoms in total. The van der Waals surface area contributed by atoms with E-state index in [1.54, 1.807) is 6.07 Å². The van der Waals surface area contributed by atoms with E-state index in [-0.39, 0.29) is 12.2 Å². The number of carboxylic acid groups (broad SMARTS) is 1. The van der Waals surface area contributed by atoms with Crippen LogP contribution < -0.4 is 10.1 Å². The third kappa shape index (κ3) is 3.76. The lowest BCUT2D eigenvalue weighted by atomic mass is 10.2. The van der Waals surface area contributed by atoms with Crippen LogP contribution in [0.15, 0.2) is 18.2 Å². The minimum absolute atomic E-state index is 0.108. The summed E-state index contributed by atoms with van der Waals surface area (Å²) in [5.41, 5.74) is 0.661. The van der Waals surface area contributed by atoms with Crippen molar-refractivity contribution in [1.29, 1.82) is 0 Å². The summed E-state index contributed by atoms with van der Waals surface area (Å²) in [6.07, 6.45) is 0.617. The Hall–Kier alpha value is -1.78. The Morgan fingerprint density at radius 2 is 2.31 bits per heavy atom. The number of hydrogen-bond donors (Lipinski definition) is 2. The molecule has 0 unspecified atom stereocenters. The maximum Gasteiger partial charge on any atom is 0.303 e. The van der Waals surface area contributed by atoms with Gasteiger partial charge < -0.3 is 15.2 Å². The van der Waals surface area contributed by atoms with E-state index in [0.29, 0.717) is 24.4 Å². The predicted molar refractivity (Wildman–Crippen MR) is 58.3 cm³/mol. The molecule has 0 radical (unpaired) electrons. The zero-order chi connectivity index (χ0) is 12.0. The van der Waals surface area contributed by atoms with Crippen molar-refractivity contribution >= 4 is 11.7 Å². The molecule has 0 atom stereocenters. The summed E-state index contributed by atoms with van der Waals surface area (Å²) >= 11 is 0. The summed E-state index contributed by atoms with van der Waals surface area (Å²) in [6, 6.07) is 4.16. The Labute approximate surface area is 93.0 Å². The smallest absolute Gasteiger partial charge is 0.303 e. The quantitative estimate of drug-likeness (QED) is 0.731. The molecule has 0 amide bonds. The van der Waals surface area contributed by atoms with Gasteiger partial charge in [-0.05, 0) is 18.6 Å². The first kappa shape index (κ1) is 12.3. The van der Waals surface area contributed by atoms with Crippen LogP contribution in [0, 0.1) is 5.82 Å². The van der Waals surface area contributed by atoms with Crippen LogP contribution in [0.5, 0.6) is 5.75 Å². The van der Waals surface area contributed by atoms with Crippen molar-refractivity contribution in [2.75, 3.05) is 19.0 Å². The molecule has 0 fully saturated rings. The van der Waals surface area contributed by atoms with Gasteiger partial charge in [0.25, 0.3) is 0 Å². The van der Waals surface area contributed by atoms with Crippen molar-refractivity contribution in [3.63, 3.8) is 0 Å². The van der Waals surface area contributed by atoms with E-state index in [1.807, 2.05) is 0 Å². The molecule has 1 aromatic carbocycles. The Morgan fingerprint density at radius 1 is 1.56 bits per heavy atom. The first-order valence-corrected chi connectivity index (χ1v) is 4.92. The van der Waals surface area contributed by atoms with Gasteiger partial charge >= 0.3 is 5.97 Å². The Morgan fingerprint density at radius 3 is 2.94 bits per heavy atom. The van der Waals surface area contributed by atoms with Gasteiger partial charge in [0.15, 0.2) is 0 Å². The first-order valence-electron chi connectivity index (χ1n) is 4.92. The van der Waals surface area contributed by atoms with Crippen molar-refractivity contribution < 1.29 is 19.0 Å². The molecule has 0 aliphatic carbocycles. The van der Waals surface area contributed by atoms with Crippen molar-refractivity contribution in [3.8, 4) is 5.75 Å². The SMILES string of the molecule is COc1cc(F)ccc1NCCCC(=O)O. The van der Waals surface area contributed by atoms with Crippen molar-refractivity contribution in [3.05, 3.63) is 24.0 Å². The van der Waals surface area contributed by atoms with Gasteiger partial charge in [0, 0.05) is 19.0 Å². The normalized spacial score (nSPS) is 9.88. The number of benzene rings is 1. The molecule has 0 aliphatic heterocycles. The second-order valence-corrected chi connectivity index (χ2v) is 3.27. The molecule has 0 saturated heterocycles. The van der Waals surface area contributed by atoms with Crippen LogP contribution in [0.1, 0.15) is 12.8 Å². The second-order valence-electron chi connectivity index (χ2n) is 3.27. The molecule has 0 saturated carbocycles. The first-order chi connectivity index (χ1) is 7.63. The lowest BCUT2D eigenvalue weighted by molar-refractivity contribution is -0.137. The number of aliphatic carboxylic acids is 1.